The van der Waals surface area contributed by atoms with Gasteiger partial charge in [0.25, 0.3) is 5.91 Å². The van der Waals surface area contributed by atoms with Crippen molar-refractivity contribution in [1.82, 2.24) is 14.8 Å². The number of halogens is 1. The van der Waals surface area contributed by atoms with Crippen LogP contribution in [0.15, 0.2) is 60.9 Å². The van der Waals surface area contributed by atoms with Gasteiger partial charge >= 0.3 is 0 Å². The lowest BCUT2D eigenvalue weighted by molar-refractivity contribution is 0.0985. The lowest BCUT2D eigenvalue weighted by Gasteiger charge is -2.20. The van der Waals surface area contributed by atoms with E-state index >= 15 is 0 Å². The highest BCUT2D eigenvalue weighted by molar-refractivity contribution is 7.22. The Balaban J connectivity index is 1.55. The Morgan fingerprint density at radius 2 is 2.03 bits per heavy atom. The molecule has 2 aromatic carbocycles. The van der Waals surface area contributed by atoms with E-state index in [4.69, 9.17) is 4.74 Å². The van der Waals surface area contributed by atoms with Crippen LogP contribution < -0.4 is 9.64 Å². The van der Waals surface area contributed by atoms with E-state index in [1.54, 1.807) is 34.0 Å². The molecule has 32 heavy (non-hydrogen) atoms. The predicted molar refractivity (Wildman–Crippen MR) is 125 cm³/mol. The van der Waals surface area contributed by atoms with Gasteiger partial charge in [-0.15, -0.1) is 0 Å². The molecular formula is C24H25FN4O2S. The van der Waals surface area contributed by atoms with Gasteiger partial charge in [-0.2, -0.15) is 5.10 Å². The minimum atomic E-state index is -0.323. The molecular weight excluding hydrogens is 427 g/mol. The van der Waals surface area contributed by atoms with Crippen LogP contribution >= 0.6 is 11.3 Å². The van der Waals surface area contributed by atoms with E-state index in [0.717, 1.165) is 25.0 Å². The average molecular weight is 453 g/mol. The van der Waals surface area contributed by atoms with Crippen LogP contribution in [0.4, 0.5) is 9.52 Å². The maximum absolute atomic E-state index is 13.6. The van der Waals surface area contributed by atoms with Crippen molar-refractivity contribution in [3.63, 3.8) is 0 Å². The highest BCUT2D eigenvalue weighted by Crippen LogP contribution is 2.30. The van der Waals surface area contributed by atoms with Crippen LogP contribution in [0.2, 0.25) is 0 Å². The first-order valence-corrected chi connectivity index (χ1v) is 11.5. The Kier molecular flexibility index (Phi) is 7.11. The Bertz CT molecular complexity index is 1160. The van der Waals surface area contributed by atoms with Gasteiger partial charge in [0, 0.05) is 24.5 Å². The van der Waals surface area contributed by atoms with Crippen molar-refractivity contribution in [3.05, 3.63) is 72.3 Å². The number of thiazole rings is 1. The van der Waals surface area contributed by atoms with Crippen molar-refractivity contribution in [3.8, 4) is 5.75 Å². The highest BCUT2D eigenvalue weighted by atomic mass is 32.1. The largest absolute Gasteiger partial charge is 0.494 e. The number of rotatable bonds is 10. The van der Waals surface area contributed by atoms with Crippen molar-refractivity contribution in [1.29, 1.82) is 0 Å². The first-order chi connectivity index (χ1) is 15.6. The summed E-state index contributed by atoms with van der Waals surface area (Å²) in [5.74, 6) is 0.252. The number of anilines is 1. The second-order valence-electron chi connectivity index (χ2n) is 7.41. The van der Waals surface area contributed by atoms with Crippen LogP contribution in [0, 0.1) is 5.82 Å². The van der Waals surface area contributed by atoms with Gasteiger partial charge in [-0.25, -0.2) is 9.37 Å². The molecule has 0 aliphatic rings. The minimum Gasteiger partial charge on any atom is -0.494 e. The van der Waals surface area contributed by atoms with Crippen LogP contribution in [0.1, 0.15) is 36.5 Å². The van der Waals surface area contributed by atoms with Gasteiger partial charge in [0.1, 0.15) is 11.6 Å². The van der Waals surface area contributed by atoms with Crippen molar-refractivity contribution >= 4 is 32.6 Å². The fourth-order valence-electron chi connectivity index (χ4n) is 3.31. The van der Waals surface area contributed by atoms with Crippen LogP contribution in [-0.4, -0.2) is 33.8 Å². The Labute approximate surface area is 190 Å². The normalized spacial score (nSPS) is 11.1. The average Bonchev–Trinajstić information content (AvgIpc) is 3.47. The van der Waals surface area contributed by atoms with Gasteiger partial charge in [0.05, 0.1) is 23.4 Å². The van der Waals surface area contributed by atoms with Crippen molar-refractivity contribution in [2.45, 2.75) is 32.7 Å². The molecule has 1 amide bonds. The number of carbonyl (C=O) groups excluding carboxylic acids is 1. The zero-order valence-corrected chi connectivity index (χ0v) is 18.7. The van der Waals surface area contributed by atoms with Gasteiger partial charge < -0.3 is 4.74 Å². The summed E-state index contributed by atoms with van der Waals surface area (Å²) in [6.07, 6.45) is 6.83. The standard InChI is InChI=1S/C24H25FN4O2S/c1-2-3-4-16-31-20-9-6-18(7-10-20)23(30)29(15-14-28-13-5-12-26-28)24-27-21-11-8-19(25)17-22(21)32-24/h5-13,17H,2-4,14-16H2,1H3. The van der Waals surface area contributed by atoms with E-state index < -0.39 is 0 Å². The molecule has 0 N–H and O–H groups in total. The van der Waals surface area contributed by atoms with Gasteiger partial charge in [-0.3, -0.25) is 14.4 Å². The van der Waals surface area contributed by atoms with E-state index in [-0.39, 0.29) is 11.7 Å². The highest BCUT2D eigenvalue weighted by Gasteiger charge is 2.21. The van der Waals surface area contributed by atoms with Crippen LogP contribution in [0.5, 0.6) is 5.75 Å². The fourth-order valence-corrected chi connectivity index (χ4v) is 4.33. The first-order valence-electron chi connectivity index (χ1n) is 10.7. The van der Waals surface area contributed by atoms with Gasteiger partial charge in [-0.1, -0.05) is 31.1 Å². The van der Waals surface area contributed by atoms with Crippen LogP contribution in [-0.2, 0) is 6.54 Å². The fraction of sp³-hybridized carbons (Fsp3) is 0.292. The zero-order valence-electron chi connectivity index (χ0n) is 17.9. The second-order valence-corrected chi connectivity index (χ2v) is 8.42. The van der Waals surface area contributed by atoms with E-state index in [1.807, 2.05) is 24.4 Å². The summed E-state index contributed by atoms with van der Waals surface area (Å²) in [6.45, 7) is 3.72. The third-order valence-corrected chi connectivity index (χ3v) is 6.09. The topological polar surface area (TPSA) is 60.2 Å². The Morgan fingerprint density at radius 1 is 1.19 bits per heavy atom. The van der Waals surface area contributed by atoms with E-state index in [1.165, 1.54) is 23.5 Å². The lowest BCUT2D eigenvalue weighted by Crippen LogP contribution is -2.34. The number of amides is 1. The number of carbonyl (C=O) groups is 1. The van der Waals surface area contributed by atoms with Gasteiger partial charge in [0.2, 0.25) is 0 Å². The monoisotopic (exact) mass is 452 g/mol. The minimum absolute atomic E-state index is 0.172. The van der Waals surface area contributed by atoms with E-state index in [0.29, 0.717) is 40.6 Å². The quantitative estimate of drug-likeness (QED) is 0.296. The number of aromatic nitrogens is 3. The molecule has 8 heteroatoms. The Hall–Kier alpha value is -3.26. The molecule has 6 nitrogen and oxygen atoms in total. The third kappa shape index (κ3) is 5.31. The van der Waals surface area contributed by atoms with Crippen LogP contribution in [0.25, 0.3) is 10.2 Å². The smallest absolute Gasteiger partial charge is 0.260 e. The third-order valence-electron chi connectivity index (χ3n) is 5.05. The molecule has 0 radical (unpaired) electrons. The second kappa shape index (κ2) is 10.4. The molecule has 0 aliphatic heterocycles. The molecule has 166 valence electrons. The number of unbranched alkanes of at least 4 members (excludes halogenated alkanes) is 2. The van der Waals surface area contributed by atoms with Gasteiger partial charge in [-0.05, 0) is 55.0 Å². The summed E-state index contributed by atoms with van der Waals surface area (Å²) in [5.41, 5.74) is 1.20. The maximum atomic E-state index is 13.6. The number of fused-ring (bicyclic) bond motifs is 1. The number of benzene rings is 2. The number of hydrogen-bond donors (Lipinski definition) is 0. The molecule has 4 aromatic rings. The lowest BCUT2D eigenvalue weighted by atomic mass is 10.2. The number of ether oxygens (including phenoxy) is 1. The summed E-state index contributed by atoms with van der Waals surface area (Å²) in [6, 6.07) is 13.5. The maximum Gasteiger partial charge on any atom is 0.260 e. The number of nitrogens with zero attached hydrogens (tertiary/aromatic N) is 4. The number of hydrogen-bond acceptors (Lipinski definition) is 5. The summed E-state index contributed by atoms with van der Waals surface area (Å²) in [5, 5.41) is 4.75. The molecule has 0 saturated carbocycles. The van der Waals surface area contributed by atoms with Crippen molar-refractivity contribution in [2.24, 2.45) is 0 Å². The van der Waals surface area contributed by atoms with Crippen molar-refractivity contribution in [2.75, 3.05) is 18.1 Å². The molecule has 0 spiro atoms. The molecule has 0 unspecified atom stereocenters. The van der Waals surface area contributed by atoms with Crippen molar-refractivity contribution < 1.29 is 13.9 Å². The first kappa shape index (κ1) is 22.0. The zero-order chi connectivity index (χ0) is 22.3. The molecule has 0 atom stereocenters. The van der Waals surface area contributed by atoms with Gasteiger partial charge in [0.15, 0.2) is 5.13 Å². The molecule has 2 aromatic heterocycles. The summed E-state index contributed by atoms with van der Waals surface area (Å²) >= 11 is 1.30. The molecule has 0 saturated heterocycles. The molecule has 4 rings (SSSR count). The molecule has 2 heterocycles. The molecule has 0 fully saturated rings. The molecule has 0 aliphatic carbocycles. The SMILES string of the molecule is CCCCCOc1ccc(C(=O)N(CCn2cccn2)c2nc3ccc(F)cc3s2)cc1. The summed E-state index contributed by atoms with van der Waals surface area (Å²) in [7, 11) is 0. The van der Waals surface area contributed by atoms with E-state index in [9.17, 15) is 9.18 Å². The summed E-state index contributed by atoms with van der Waals surface area (Å²) in [4.78, 5) is 19.6. The summed E-state index contributed by atoms with van der Waals surface area (Å²) < 4.78 is 21.9. The predicted octanol–water partition coefficient (Wildman–Crippen LogP) is 5.55. The van der Waals surface area contributed by atoms with Crippen LogP contribution in [0.3, 0.4) is 0 Å². The molecule has 0 bridgehead atoms. The van der Waals surface area contributed by atoms with E-state index in [2.05, 4.69) is 17.0 Å². The Morgan fingerprint density at radius 3 is 2.78 bits per heavy atom.